The van der Waals surface area contributed by atoms with Gasteiger partial charge >= 0.3 is 0 Å². The van der Waals surface area contributed by atoms with Gasteiger partial charge in [-0.2, -0.15) is 11.3 Å². The molecule has 0 unspecified atom stereocenters. The summed E-state index contributed by atoms with van der Waals surface area (Å²) < 4.78 is 28.1. The van der Waals surface area contributed by atoms with Gasteiger partial charge in [-0.15, -0.1) is 0 Å². The van der Waals surface area contributed by atoms with Crippen molar-refractivity contribution in [3.63, 3.8) is 0 Å². The van der Waals surface area contributed by atoms with Crippen LogP contribution in [0.15, 0.2) is 62.9 Å². The number of hydrogen-bond donors (Lipinski definition) is 1. The Bertz CT molecular complexity index is 895. The lowest BCUT2D eigenvalue weighted by Crippen LogP contribution is -2.24. The van der Waals surface area contributed by atoms with Crippen molar-refractivity contribution in [2.24, 2.45) is 0 Å². The Morgan fingerprint density at radius 1 is 1.09 bits per heavy atom. The molecular weight excluding hydrogens is 398 g/mol. The monoisotopic (exact) mass is 409 g/mol. The number of hydrogen-bond acceptors (Lipinski definition) is 5. The lowest BCUT2D eigenvalue weighted by Gasteiger charge is -2.09. The Morgan fingerprint density at radius 2 is 1.83 bits per heavy atom. The van der Waals surface area contributed by atoms with Gasteiger partial charge < -0.3 is 0 Å². The Labute approximate surface area is 146 Å². The van der Waals surface area contributed by atoms with E-state index in [1.54, 1.807) is 48.0 Å². The zero-order chi connectivity index (χ0) is 16.3. The second-order valence-corrected chi connectivity index (χ2v) is 8.10. The summed E-state index contributed by atoms with van der Waals surface area (Å²) >= 11 is 4.84. The molecule has 2 aromatic heterocycles. The van der Waals surface area contributed by atoms with Crippen molar-refractivity contribution in [3.8, 4) is 11.3 Å². The maximum Gasteiger partial charge on any atom is 0.240 e. The summed E-state index contributed by atoms with van der Waals surface area (Å²) in [6.07, 6.45) is 3.15. The van der Waals surface area contributed by atoms with Crippen LogP contribution in [-0.4, -0.2) is 18.4 Å². The van der Waals surface area contributed by atoms with E-state index in [-0.39, 0.29) is 11.4 Å². The van der Waals surface area contributed by atoms with Crippen LogP contribution in [0.4, 0.5) is 0 Å². The summed E-state index contributed by atoms with van der Waals surface area (Å²) in [5.41, 5.74) is 2.21. The molecule has 0 atom stereocenters. The number of nitrogens with one attached hydrogen (secondary N) is 1. The molecule has 2 heterocycles. The number of thiophene rings is 1. The third-order valence-corrected chi connectivity index (χ3v) is 5.75. The molecule has 0 amide bonds. The predicted octanol–water partition coefficient (Wildman–Crippen LogP) is 3.45. The summed E-state index contributed by atoms with van der Waals surface area (Å²) in [5.74, 6) is 0. The number of halogens is 1. The molecule has 0 aliphatic heterocycles. The van der Waals surface area contributed by atoms with Crippen molar-refractivity contribution in [2.45, 2.75) is 11.4 Å². The maximum atomic E-state index is 12.3. The summed E-state index contributed by atoms with van der Waals surface area (Å²) in [6, 6.07) is 8.40. The summed E-state index contributed by atoms with van der Waals surface area (Å²) in [7, 11) is -3.60. The van der Waals surface area contributed by atoms with Gasteiger partial charge in [-0.1, -0.05) is 15.9 Å². The highest BCUT2D eigenvalue weighted by molar-refractivity contribution is 9.10. The molecule has 0 saturated carbocycles. The van der Waals surface area contributed by atoms with Gasteiger partial charge in [-0.25, -0.2) is 13.1 Å². The highest BCUT2D eigenvalue weighted by Gasteiger charge is 2.16. The molecule has 8 heteroatoms. The zero-order valence-electron chi connectivity index (χ0n) is 11.8. The molecule has 0 spiro atoms. The van der Waals surface area contributed by atoms with Crippen molar-refractivity contribution in [1.82, 2.24) is 14.7 Å². The van der Waals surface area contributed by atoms with Gasteiger partial charge in [-0.3, -0.25) is 9.97 Å². The van der Waals surface area contributed by atoms with E-state index in [0.29, 0.717) is 11.4 Å². The number of rotatable bonds is 5. The van der Waals surface area contributed by atoms with Crippen LogP contribution in [0.3, 0.4) is 0 Å². The summed E-state index contributed by atoms with van der Waals surface area (Å²) in [6.45, 7) is 0.0808. The van der Waals surface area contributed by atoms with Crippen LogP contribution in [-0.2, 0) is 16.6 Å². The molecular formula is C15H12BrN3O2S2. The molecule has 3 rings (SSSR count). The minimum Gasteiger partial charge on any atom is -0.256 e. The van der Waals surface area contributed by atoms with Crippen LogP contribution in [0.1, 0.15) is 5.69 Å². The van der Waals surface area contributed by atoms with Crippen molar-refractivity contribution in [2.75, 3.05) is 0 Å². The summed E-state index contributed by atoms with van der Waals surface area (Å²) in [5, 5.41) is 3.90. The van der Waals surface area contributed by atoms with Crippen LogP contribution in [0.5, 0.6) is 0 Å². The second-order valence-electron chi connectivity index (χ2n) is 4.64. The molecule has 0 radical (unpaired) electrons. The van der Waals surface area contributed by atoms with E-state index < -0.39 is 10.0 Å². The van der Waals surface area contributed by atoms with Gasteiger partial charge in [0.1, 0.15) is 0 Å². The number of aromatic nitrogens is 2. The number of sulfonamides is 1. The minimum absolute atomic E-state index is 0.0808. The molecule has 3 aromatic rings. The molecule has 0 aliphatic rings. The lowest BCUT2D eigenvalue weighted by atomic mass is 10.2. The molecule has 0 aliphatic carbocycles. The van der Waals surface area contributed by atoms with E-state index in [1.165, 1.54) is 0 Å². The molecule has 5 nitrogen and oxygen atoms in total. The van der Waals surface area contributed by atoms with Crippen molar-refractivity contribution in [3.05, 3.63) is 63.7 Å². The molecule has 1 aromatic carbocycles. The van der Waals surface area contributed by atoms with E-state index in [0.717, 1.165) is 10.0 Å². The smallest absolute Gasteiger partial charge is 0.240 e. The highest BCUT2D eigenvalue weighted by Crippen LogP contribution is 2.22. The predicted molar refractivity (Wildman–Crippen MR) is 93.5 cm³/mol. The SMILES string of the molecule is O=S(=O)(NCc1nccnc1-c1ccsc1)c1ccc(Br)cc1. The first kappa shape index (κ1) is 16.3. The van der Waals surface area contributed by atoms with Gasteiger partial charge in [0.25, 0.3) is 0 Å². The topological polar surface area (TPSA) is 72.0 Å². The fourth-order valence-electron chi connectivity index (χ4n) is 2.00. The van der Waals surface area contributed by atoms with E-state index in [9.17, 15) is 8.42 Å². The average molecular weight is 410 g/mol. The summed E-state index contributed by atoms with van der Waals surface area (Å²) in [4.78, 5) is 8.77. The second kappa shape index (κ2) is 6.88. The standard InChI is InChI=1S/C15H12BrN3O2S2/c16-12-1-3-13(4-2-12)23(20,21)19-9-14-15(18-7-6-17-14)11-5-8-22-10-11/h1-8,10,19H,9H2. The molecule has 0 fully saturated rings. The first-order valence-electron chi connectivity index (χ1n) is 6.64. The van der Waals surface area contributed by atoms with Gasteiger partial charge in [0.05, 0.1) is 22.8 Å². The Kier molecular flexibility index (Phi) is 4.86. The average Bonchev–Trinajstić information content (AvgIpc) is 3.08. The first-order valence-corrected chi connectivity index (χ1v) is 9.86. The Hall–Kier alpha value is -1.61. The molecule has 0 bridgehead atoms. The van der Waals surface area contributed by atoms with Gasteiger partial charge in [0, 0.05) is 27.8 Å². The minimum atomic E-state index is -3.60. The highest BCUT2D eigenvalue weighted by atomic mass is 79.9. The van der Waals surface area contributed by atoms with Crippen LogP contribution in [0, 0.1) is 0 Å². The van der Waals surface area contributed by atoms with E-state index >= 15 is 0 Å². The van der Waals surface area contributed by atoms with Crippen LogP contribution in [0.2, 0.25) is 0 Å². The maximum absolute atomic E-state index is 12.3. The first-order chi connectivity index (χ1) is 11.1. The van der Waals surface area contributed by atoms with Crippen molar-refractivity contribution >= 4 is 37.3 Å². The van der Waals surface area contributed by atoms with Crippen molar-refractivity contribution < 1.29 is 8.42 Å². The quantitative estimate of drug-likeness (QED) is 0.700. The Balaban J connectivity index is 1.82. The largest absolute Gasteiger partial charge is 0.256 e. The van der Waals surface area contributed by atoms with E-state index in [1.807, 2.05) is 16.8 Å². The van der Waals surface area contributed by atoms with E-state index in [2.05, 4.69) is 30.6 Å². The van der Waals surface area contributed by atoms with Gasteiger partial charge in [0.2, 0.25) is 10.0 Å². The molecule has 118 valence electrons. The van der Waals surface area contributed by atoms with Crippen LogP contribution >= 0.6 is 27.3 Å². The third-order valence-electron chi connectivity index (χ3n) is 3.12. The molecule has 23 heavy (non-hydrogen) atoms. The number of nitrogens with zero attached hydrogens (tertiary/aromatic N) is 2. The Morgan fingerprint density at radius 3 is 2.52 bits per heavy atom. The van der Waals surface area contributed by atoms with Crippen molar-refractivity contribution in [1.29, 1.82) is 0 Å². The fourth-order valence-corrected chi connectivity index (χ4v) is 3.89. The number of benzene rings is 1. The molecule has 1 N–H and O–H groups in total. The van der Waals surface area contributed by atoms with Gasteiger partial charge in [0.15, 0.2) is 0 Å². The van der Waals surface area contributed by atoms with Gasteiger partial charge in [-0.05, 0) is 35.7 Å². The van der Waals surface area contributed by atoms with E-state index in [4.69, 9.17) is 0 Å². The fraction of sp³-hybridized carbons (Fsp3) is 0.0667. The third kappa shape index (κ3) is 3.84. The zero-order valence-corrected chi connectivity index (χ0v) is 15.0. The normalized spacial score (nSPS) is 11.5. The molecule has 0 saturated heterocycles. The van der Waals surface area contributed by atoms with Crippen LogP contribution in [0.25, 0.3) is 11.3 Å². The van der Waals surface area contributed by atoms with Crippen LogP contribution < -0.4 is 4.72 Å². The lowest BCUT2D eigenvalue weighted by molar-refractivity contribution is 0.580.